The number of pyridine rings is 1. The summed E-state index contributed by atoms with van der Waals surface area (Å²) in [5, 5.41) is 1.24. The maximum absolute atomic E-state index is 12.7. The van der Waals surface area contributed by atoms with Crippen molar-refractivity contribution in [3.8, 4) is 0 Å². The molecule has 1 atom stereocenters. The molecule has 132 valence electrons. The maximum atomic E-state index is 12.7. The van der Waals surface area contributed by atoms with Gasteiger partial charge in [-0.25, -0.2) is 0 Å². The van der Waals surface area contributed by atoms with Crippen LogP contribution in [0.5, 0.6) is 0 Å². The van der Waals surface area contributed by atoms with Crippen LogP contribution in [0.4, 0.5) is 0 Å². The zero-order valence-electron chi connectivity index (χ0n) is 14.6. The molecule has 1 aliphatic rings. The van der Waals surface area contributed by atoms with E-state index < -0.39 is 0 Å². The van der Waals surface area contributed by atoms with Crippen LogP contribution in [0, 0.1) is 5.92 Å². The molecule has 1 heterocycles. The molecular formula is C22H21NO3. The Labute approximate surface area is 151 Å². The number of hydrogen-bond donors (Lipinski definition) is 0. The van der Waals surface area contributed by atoms with E-state index in [0.29, 0.717) is 23.3 Å². The SMILES string of the molecule is O=C(Cn1c2ccccc2c(=O)c2ccccc21)OCC1CC=CCC1. The number of fused-ring (bicyclic) bond motifs is 2. The number of carbonyl (C=O) groups is 1. The van der Waals surface area contributed by atoms with Crippen molar-refractivity contribution >= 4 is 27.8 Å². The fourth-order valence-corrected chi connectivity index (χ4v) is 3.64. The lowest BCUT2D eigenvalue weighted by atomic mass is 9.95. The summed E-state index contributed by atoms with van der Waals surface area (Å²) in [4.78, 5) is 25.2. The Kier molecular flexibility index (Phi) is 4.57. The summed E-state index contributed by atoms with van der Waals surface area (Å²) in [6.45, 7) is 0.559. The van der Waals surface area contributed by atoms with Gasteiger partial charge in [-0.1, -0.05) is 36.4 Å². The lowest BCUT2D eigenvalue weighted by molar-refractivity contribution is -0.145. The molecule has 0 saturated carbocycles. The van der Waals surface area contributed by atoms with Crippen LogP contribution in [0.2, 0.25) is 0 Å². The Morgan fingerprint density at radius 1 is 1.00 bits per heavy atom. The molecule has 0 fully saturated rings. The second-order valence-corrected chi connectivity index (χ2v) is 6.78. The van der Waals surface area contributed by atoms with Gasteiger partial charge >= 0.3 is 5.97 Å². The van der Waals surface area contributed by atoms with Crippen LogP contribution in [0.3, 0.4) is 0 Å². The zero-order valence-corrected chi connectivity index (χ0v) is 14.6. The van der Waals surface area contributed by atoms with Crippen LogP contribution < -0.4 is 5.43 Å². The van der Waals surface area contributed by atoms with Gasteiger partial charge in [0.05, 0.1) is 17.6 Å². The zero-order chi connectivity index (χ0) is 17.9. The van der Waals surface area contributed by atoms with Crippen LogP contribution in [-0.4, -0.2) is 17.1 Å². The average Bonchev–Trinajstić information content (AvgIpc) is 2.70. The second kappa shape index (κ2) is 7.16. The van der Waals surface area contributed by atoms with E-state index in [1.165, 1.54) is 0 Å². The van der Waals surface area contributed by atoms with Gasteiger partial charge in [0.15, 0.2) is 5.43 Å². The van der Waals surface area contributed by atoms with Crippen LogP contribution in [-0.2, 0) is 16.1 Å². The van der Waals surface area contributed by atoms with E-state index in [-0.39, 0.29) is 17.9 Å². The quantitative estimate of drug-likeness (QED) is 0.406. The first-order chi connectivity index (χ1) is 12.7. The van der Waals surface area contributed by atoms with Crippen molar-refractivity contribution in [1.29, 1.82) is 0 Å². The summed E-state index contributed by atoms with van der Waals surface area (Å²) in [6, 6.07) is 14.8. The van der Waals surface area contributed by atoms with E-state index in [1.807, 2.05) is 41.0 Å². The monoisotopic (exact) mass is 347 g/mol. The van der Waals surface area contributed by atoms with Crippen LogP contribution in [0.15, 0.2) is 65.5 Å². The number of allylic oxidation sites excluding steroid dienone is 2. The molecule has 1 unspecified atom stereocenters. The fourth-order valence-electron chi connectivity index (χ4n) is 3.64. The average molecular weight is 347 g/mol. The minimum Gasteiger partial charge on any atom is -0.464 e. The lowest BCUT2D eigenvalue weighted by Crippen LogP contribution is -2.21. The summed E-state index contributed by atoms with van der Waals surface area (Å²) in [6.07, 6.45) is 7.42. The van der Waals surface area contributed by atoms with Gasteiger partial charge in [-0.2, -0.15) is 0 Å². The number of hydrogen-bond acceptors (Lipinski definition) is 3. The number of esters is 1. The Bertz CT molecular complexity index is 988. The molecule has 2 aromatic carbocycles. The van der Waals surface area contributed by atoms with Gasteiger partial charge in [-0.05, 0) is 49.4 Å². The first-order valence-corrected chi connectivity index (χ1v) is 9.05. The highest BCUT2D eigenvalue weighted by molar-refractivity contribution is 5.94. The van der Waals surface area contributed by atoms with E-state index in [0.717, 1.165) is 30.3 Å². The largest absolute Gasteiger partial charge is 0.464 e. The fraction of sp³-hybridized carbons (Fsp3) is 0.273. The molecule has 1 aromatic heterocycles. The molecule has 26 heavy (non-hydrogen) atoms. The number of benzene rings is 2. The van der Waals surface area contributed by atoms with Gasteiger partial charge in [0.1, 0.15) is 6.54 Å². The topological polar surface area (TPSA) is 48.3 Å². The molecule has 1 aliphatic carbocycles. The standard InChI is InChI=1S/C22H21NO3/c24-21(26-15-16-8-2-1-3-9-16)14-23-19-12-6-4-10-17(19)22(25)18-11-5-7-13-20(18)23/h1-2,4-7,10-13,16H,3,8-9,14-15H2. The highest BCUT2D eigenvalue weighted by atomic mass is 16.5. The molecule has 0 bridgehead atoms. The third-order valence-corrected chi connectivity index (χ3v) is 5.02. The Morgan fingerprint density at radius 2 is 1.65 bits per heavy atom. The molecule has 4 nitrogen and oxygen atoms in total. The third-order valence-electron chi connectivity index (χ3n) is 5.02. The molecule has 4 heteroatoms. The Balaban J connectivity index is 1.66. The molecular weight excluding hydrogens is 326 g/mol. The van der Waals surface area contributed by atoms with Gasteiger partial charge in [0.25, 0.3) is 0 Å². The van der Waals surface area contributed by atoms with Gasteiger partial charge in [-0.3, -0.25) is 9.59 Å². The minimum absolute atomic E-state index is 0.00481. The number of para-hydroxylation sites is 2. The van der Waals surface area contributed by atoms with Crippen molar-refractivity contribution in [3.05, 3.63) is 70.9 Å². The van der Waals surface area contributed by atoms with Crippen LogP contribution >= 0.6 is 0 Å². The first kappa shape index (κ1) is 16.6. The molecule has 0 aliphatic heterocycles. The van der Waals surface area contributed by atoms with Crippen molar-refractivity contribution in [2.24, 2.45) is 5.92 Å². The van der Waals surface area contributed by atoms with Gasteiger partial charge in [-0.15, -0.1) is 0 Å². The summed E-state index contributed by atoms with van der Waals surface area (Å²) < 4.78 is 7.43. The van der Waals surface area contributed by atoms with Gasteiger partial charge < -0.3 is 9.30 Å². The molecule has 0 saturated heterocycles. The summed E-state index contributed by atoms with van der Waals surface area (Å²) >= 11 is 0. The smallest absolute Gasteiger partial charge is 0.325 e. The van der Waals surface area contributed by atoms with Crippen molar-refractivity contribution in [2.75, 3.05) is 6.61 Å². The summed E-state index contributed by atoms with van der Waals surface area (Å²) in [5.41, 5.74) is 1.51. The van der Waals surface area contributed by atoms with Crippen molar-refractivity contribution in [1.82, 2.24) is 4.57 Å². The van der Waals surface area contributed by atoms with E-state index in [2.05, 4.69) is 12.2 Å². The normalized spacial score (nSPS) is 16.8. The van der Waals surface area contributed by atoms with E-state index in [1.54, 1.807) is 12.1 Å². The Morgan fingerprint density at radius 3 is 2.27 bits per heavy atom. The molecule has 0 amide bonds. The lowest BCUT2D eigenvalue weighted by Gasteiger charge is -2.18. The number of ether oxygens (including phenoxy) is 1. The molecule has 4 rings (SSSR count). The second-order valence-electron chi connectivity index (χ2n) is 6.78. The number of rotatable bonds is 4. The highest BCUT2D eigenvalue weighted by Crippen LogP contribution is 2.20. The third kappa shape index (κ3) is 3.15. The predicted octanol–water partition coefficient (Wildman–Crippen LogP) is 4.05. The molecule has 0 N–H and O–H groups in total. The summed E-state index contributed by atoms with van der Waals surface area (Å²) in [7, 11) is 0. The number of carbonyl (C=O) groups excluding carboxylic acids is 1. The number of nitrogens with zero attached hydrogens (tertiary/aromatic N) is 1. The van der Waals surface area contributed by atoms with Crippen molar-refractivity contribution in [3.63, 3.8) is 0 Å². The maximum Gasteiger partial charge on any atom is 0.325 e. The Hall–Kier alpha value is -2.88. The molecule has 0 spiro atoms. The molecule has 0 radical (unpaired) electrons. The van der Waals surface area contributed by atoms with Gasteiger partial charge in [0, 0.05) is 10.8 Å². The number of aromatic nitrogens is 1. The van der Waals surface area contributed by atoms with E-state index in [9.17, 15) is 9.59 Å². The van der Waals surface area contributed by atoms with Crippen LogP contribution in [0.25, 0.3) is 21.8 Å². The van der Waals surface area contributed by atoms with Crippen LogP contribution in [0.1, 0.15) is 19.3 Å². The molecule has 3 aromatic rings. The van der Waals surface area contributed by atoms with Crippen molar-refractivity contribution < 1.29 is 9.53 Å². The van der Waals surface area contributed by atoms with E-state index >= 15 is 0 Å². The first-order valence-electron chi connectivity index (χ1n) is 9.05. The highest BCUT2D eigenvalue weighted by Gasteiger charge is 2.16. The van der Waals surface area contributed by atoms with Gasteiger partial charge in [0.2, 0.25) is 0 Å². The van der Waals surface area contributed by atoms with E-state index in [4.69, 9.17) is 4.74 Å². The summed E-state index contributed by atoms with van der Waals surface area (Å²) in [5.74, 6) is 0.143. The van der Waals surface area contributed by atoms with Crippen molar-refractivity contribution in [2.45, 2.75) is 25.8 Å². The minimum atomic E-state index is -0.265. The predicted molar refractivity (Wildman–Crippen MR) is 103 cm³/mol.